The van der Waals surface area contributed by atoms with Crippen LogP contribution in [0.25, 0.3) is 0 Å². The molecular weight excluding hydrogens is 985 g/mol. The fraction of sp³-hybridized carbons (Fsp3) is 0.770. The van der Waals surface area contributed by atoms with E-state index in [4.69, 9.17) is 14.2 Å². The van der Waals surface area contributed by atoms with E-state index >= 15 is 0 Å². The van der Waals surface area contributed by atoms with Crippen LogP contribution in [-0.4, -0.2) is 37.2 Å². The van der Waals surface area contributed by atoms with Gasteiger partial charge < -0.3 is 14.2 Å². The molecule has 0 rings (SSSR count). The molecule has 1 atom stereocenters. The van der Waals surface area contributed by atoms with Gasteiger partial charge in [0.05, 0.1) is 0 Å². The lowest BCUT2D eigenvalue weighted by Gasteiger charge is -2.18. The molecule has 0 bridgehead atoms. The van der Waals surface area contributed by atoms with Crippen molar-refractivity contribution in [2.45, 2.75) is 354 Å². The van der Waals surface area contributed by atoms with Crippen molar-refractivity contribution < 1.29 is 28.6 Å². The molecule has 0 radical (unpaired) electrons. The summed E-state index contributed by atoms with van der Waals surface area (Å²) >= 11 is 0. The summed E-state index contributed by atoms with van der Waals surface area (Å²) in [6.07, 6.45) is 90.5. The standard InChI is InChI=1S/C74H130O6/c1-4-7-10-13-16-19-22-24-26-28-30-32-34-35-36-37-38-39-41-42-44-46-48-50-52-55-58-61-64-67-73(76)79-70-71(69-78-72(75)66-63-60-57-54-21-18-15-12-9-6-3)80-74(77)68-65-62-59-56-53-51-49-47-45-43-40-33-31-29-27-25-23-20-17-14-11-8-5-2/h8,11,17,20,25,27-28,30-31,33,43,45,49,51,71H,4-7,9-10,12-16,18-19,21-24,26,29,32,34-42,44,46-48,50,52-70H2,1-3H3/b11-8-,20-17-,27-25-,30-28-,33-31-,45-43-,51-49-. The van der Waals surface area contributed by atoms with E-state index in [2.05, 4.69) is 106 Å². The molecule has 0 spiro atoms. The number of rotatable bonds is 63. The monoisotopic (exact) mass is 1110 g/mol. The molecule has 0 aromatic carbocycles. The van der Waals surface area contributed by atoms with Crippen LogP contribution in [0.4, 0.5) is 0 Å². The van der Waals surface area contributed by atoms with Crippen LogP contribution < -0.4 is 0 Å². The molecule has 6 nitrogen and oxygen atoms in total. The second-order valence-corrected chi connectivity index (χ2v) is 23.1. The number of carbonyl (C=O) groups is 3. The molecule has 0 amide bonds. The molecule has 6 heteroatoms. The maximum atomic E-state index is 12.9. The first-order chi connectivity index (χ1) is 39.5. The average molecular weight is 1120 g/mol. The summed E-state index contributed by atoms with van der Waals surface area (Å²) in [6, 6.07) is 0. The Balaban J connectivity index is 4.21. The maximum Gasteiger partial charge on any atom is 0.306 e. The molecule has 0 saturated carbocycles. The summed E-state index contributed by atoms with van der Waals surface area (Å²) in [6.45, 7) is 6.53. The minimum absolute atomic E-state index is 0.0835. The van der Waals surface area contributed by atoms with Crippen molar-refractivity contribution in [2.24, 2.45) is 0 Å². The third kappa shape index (κ3) is 65.4. The molecule has 0 aromatic heterocycles. The summed E-state index contributed by atoms with van der Waals surface area (Å²) in [4.78, 5) is 38.3. The summed E-state index contributed by atoms with van der Waals surface area (Å²) in [7, 11) is 0. The Morgan fingerprint density at radius 1 is 0.263 bits per heavy atom. The highest BCUT2D eigenvalue weighted by Crippen LogP contribution is 2.17. The molecule has 0 heterocycles. The Labute approximate surface area is 496 Å². The van der Waals surface area contributed by atoms with E-state index in [0.29, 0.717) is 19.3 Å². The van der Waals surface area contributed by atoms with Crippen molar-refractivity contribution in [3.63, 3.8) is 0 Å². The van der Waals surface area contributed by atoms with Crippen molar-refractivity contribution in [2.75, 3.05) is 13.2 Å². The van der Waals surface area contributed by atoms with Gasteiger partial charge in [-0.2, -0.15) is 0 Å². The molecule has 0 fully saturated rings. The third-order valence-electron chi connectivity index (χ3n) is 15.1. The maximum absolute atomic E-state index is 12.9. The molecule has 0 aliphatic rings. The van der Waals surface area contributed by atoms with Gasteiger partial charge >= 0.3 is 17.9 Å². The van der Waals surface area contributed by atoms with E-state index in [-0.39, 0.29) is 31.1 Å². The van der Waals surface area contributed by atoms with Crippen LogP contribution in [0.3, 0.4) is 0 Å². The van der Waals surface area contributed by atoms with Gasteiger partial charge in [-0.05, 0) is 96.3 Å². The number of carbonyl (C=O) groups excluding carboxylic acids is 3. The van der Waals surface area contributed by atoms with Crippen LogP contribution in [0.15, 0.2) is 85.1 Å². The van der Waals surface area contributed by atoms with Gasteiger partial charge in [0.15, 0.2) is 6.10 Å². The lowest BCUT2D eigenvalue weighted by molar-refractivity contribution is -0.167. The Kier molecular flexibility index (Phi) is 65.2. The minimum Gasteiger partial charge on any atom is -0.462 e. The van der Waals surface area contributed by atoms with Crippen LogP contribution in [-0.2, 0) is 28.6 Å². The van der Waals surface area contributed by atoms with E-state index in [9.17, 15) is 14.4 Å². The molecule has 0 aromatic rings. The summed E-state index contributed by atoms with van der Waals surface area (Å²) in [5, 5.41) is 0. The smallest absolute Gasteiger partial charge is 0.306 e. The van der Waals surface area contributed by atoms with E-state index in [0.717, 1.165) is 109 Å². The van der Waals surface area contributed by atoms with Gasteiger partial charge in [-0.1, -0.05) is 318 Å². The van der Waals surface area contributed by atoms with Gasteiger partial charge in [-0.15, -0.1) is 0 Å². The number of hydrogen-bond donors (Lipinski definition) is 0. The van der Waals surface area contributed by atoms with Gasteiger partial charge in [-0.3, -0.25) is 14.4 Å². The molecule has 462 valence electrons. The summed E-state index contributed by atoms with van der Waals surface area (Å²) in [5.41, 5.74) is 0. The Bertz CT molecular complexity index is 1520. The molecule has 0 aliphatic carbocycles. The van der Waals surface area contributed by atoms with E-state index in [1.807, 2.05) is 0 Å². The van der Waals surface area contributed by atoms with Crippen LogP contribution in [0.1, 0.15) is 348 Å². The van der Waals surface area contributed by atoms with Crippen molar-refractivity contribution >= 4 is 17.9 Å². The number of esters is 3. The highest BCUT2D eigenvalue weighted by atomic mass is 16.6. The molecule has 80 heavy (non-hydrogen) atoms. The van der Waals surface area contributed by atoms with Crippen molar-refractivity contribution in [3.8, 4) is 0 Å². The topological polar surface area (TPSA) is 78.9 Å². The first-order valence-electron chi connectivity index (χ1n) is 34.6. The number of allylic oxidation sites excluding steroid dienone is 14. The van der Waals surface area contributed by atoms with Gasteiger partial charge in [0, 0.05) is 19.3 Å². The van der Waals surface area contributed by atoms with Crippen LogP contribution >= 0.6 is 0 Å². The largest absolute Gasteiger partial charge is 0.462 e. The lowest BCUT2D eigenvalue weighted by Crippen LogP contribution is -2.30. The van der Waals surface area contributed by atoms with Crippen molar-refractivity contribution in [1.29, 1.82) is 0 Å². The Morgan fingerprint density at radius 2 is 0.487 bits per heavy atom. The second-order valence-electron chi connectivity index (χ2n) is 23.1. The number of ether oxygens (including phenoxy) is 3. The summed E-state index contributed by atoms with van der Waals surface area (Å²) < 4.78 is 16.9. The highest BCUT2D eigenvalue weighted by Gasteiger charge is 2.19. The van der Waals surface area contributed by atoms with E-state index in [1.54, 1.807) is 0 Å². The summed E-state index contributed by atoms with van der Waals surface area (Å²) in [5.74, 6) is -0.895. The predicted octanol–water partition coefficient (Wildman–Crippen LogP) is 23.8. The van der Waals surface area contributed by atoms with Crippen LogP contribution in [0, 0.1) is 0 Å². The molecule has 0 aliphatic heterocycles. The zero-order valence-corrected chi connectivity index (χ0v) is 53.1. The Hall–Kier alpha value is -3.41. The highest BCUT2D eigenvalue weighted by molar-refractivity contribution is 5.71. The molecule has 1 unspecified atom stereocenters. The normalized spacial score (nSPS) is 12.6. The van der Waals surface area contributed by atoms with Gasteiger partial charge in [0.1, 0.15) is 13.2 Å². The minimum atomic E-state index is -0.789. The predicted molar refractivity (Wildman–Crippen MR) is 348 cm³/mol. The zero-order chi connectivity index (χ0) is 57.8. The number of hydrogen-bond acceptors (Lipinski definition) is 6. The molecule has 0 N–H and O–H groups in total. The Morgan fingerprint density at radius 3 is 0.775 bits per heavy atom. The van der Waals surface area contributed by atoms with Crippen molar-refractivity contribution in [3.05, 3.63) is 85.1 Å². The molecular formula is C74H130O6. The average Bonchev–Trinajstić information content (AvgIpc) is 3.46. The van der Waals surface area contributed by atoms with Gasteiger partial charge in [-0.25, -0.2) is 0 Å². The third-order valence-corrected chi connectivity index (χ3v) is 15.1. The van der Waals surface area contributed by atoms with Gasteiger partial charge in [0.25, 0.3) is 0 Å². The first-order valence-corrected chi connectivity index (χ1v) is 34.6. The lowest BCUT2D eigenvalue weighted by atomic mass is 10.0. The number of unbranched alkanes of at least 4 members (excludes halogenated alkanes) is 38. The SMILES string of the molecule is CC/C=C\C/C=C\C/C=C\C/C=C\C/C=C\C/C=C\CCCCCCC(=O)OC(COC(=O)CCCCCCCCCCCC)COC(=O)CCCCCCCCCCCCCCCCCCC/C=C\CCCCCCCCCC. The fourth-order valence-electron chi connectivity index (χ4n) is 9.97. The van der Waals surface area contributed by atoms with Crippen molar-refractivity contribution in [1.82, 2.24) is 0 Å². The van der Waals surface area contributed by atoms with E-state index < -0.39 is 6.10 Å². The zero-order valence-electron chi connectivity index (χ0n) is 53.1. The second kappa shape index (κ2) is 68.1. The first kappa shape index (κ1) is 76.6. The molecule has 0 saturated heterocycles. The van der Waals surface area contributed by atoms with Gasteiger partial charge in [0.2, 0.25) is 0 Å². The fourth-order valence-corrected chi connectivity index (χ4v) is 9.97. The quantitative estimate of drug-likeness (QED) is 0.0261. The van der Waals surface area contributed by atoms with E-state index in [1.165, 1.54) is 199 Å². The van der Waals surface area contributed by atoms with Crippen LogP contribution in [0.5, 0.6) is 0 Å². The van der Waals surface area contributed by atoms with Crippen LogP contribution in [0.2, 0.25) is 0 Å².